The lowest BCUT2D eigenvalue weighted by Crippen LogP contribution is -2.32. The molecule has 1 aromatic rings. The van der Waals surface area contributed by atoms with E-state index in [2.05, 4.69) is 31.4 Å². The van der Waals surface area contributed by atoms with Crippen LogP contribution in [0.5, 0.6) is 5.75 Å². The van der Waals surface area contributed by atoms with Crippen molar-refractivity contribution in [2.45, 2.75) is 34.2 Å². The van der Waals surface area contributed by atoms with E-state index < -0.39 is 0 Å². The zero-order valence-corrected chi connectivity index (χ0v) is 12.9. The van der Waals surface area contributed by atoms with Gasteiger partial charge >= 0.3 is 6.03 Å². The number of allylic oxidation sites excluding steroid dienone is 1. The predicted molar refractivity (Wildman–Crippen MR) is 81.6 cm³/mol. The second-order valence-electron chi connectivity index (χ2n) is 5.72. The third-order valence-corrected chi connectivity index (χ3v) is 3.23. The molecule has 110 valence electrons. The normalized spacial score (nSPS) is 11.9. The van der Waals surface area contributed by atoms with Gasteiger partial charge < -0.3 is 15.4 Å². The lowest BCUT2D eigenvalue weighted by atomic mass is 9.88. The summed E-state index contributed by atoms with van der Waals surface area (Å²) in [7, 11) is 1.62. The Morgan fingerprint density at radius 1 is 1.30 bits per heavy atom. The number of methoxy groups -OCH3 is 1. The van der Waals surface area contributed by atoms with Crippen LogP contribution in [0, 0.1) is 5.41 Å². The predicted octanol–water partition coefficient (Wildman–Crippen LogP) is 3.44. The second-order valence-corrected chi connectivity index (χ2v) is 5.72. The summed E-state index contributed by atoms with van der Waals surface area (Å²) in [5, 5.41) is 5.55. The number of hydrogen-bond acceptors (Lipinski definition) is 2. The SMILES string of the molecule is COc1ccccc1CNC(=O)N/C=C(\C)C(C)(C)C. The Kier molecular flexibility index (Phi) is 5.62. The van der Waals surface area contributed by atoms with Crippen LogP contribution in [-0.2, 0) is 6.54 Å². The van der Waals surface area contributed by atoms with E-state index in [9.17, 15) is 4.79 Å². The number of urea groups is 1. The average Bonchev–Trinajstić information content (AvgIpc) is 2.41. The van der Waals surface area contributed by atoms with Gasteiger partial charge in [0.2, 0.25) is 0 Å². The molecule has 2 N–H and O–H groups in total. The van der Waals surface area contributed by atoms with E-state index in [0.717, 1.165) is 16.9 Å². The van der Waals surface area contributed by atoms with Crippen molar-refractivity contribution in [2.24, 2.45) is 5.41 Å². The molecule has 0 fully saturated rings. The molecular weight excluding hydrogens is 252 g/mol. The first-order valence-corrected chi connectivity index (χ1v) is 6.68. The van der Waals surface area contributed by atoms with Gasteiger partial charge in [0.15, 0.2) is 0 Å². The molecule has 0 aromatic heterocycles. The minimum absolute atomic E-state index is 0.0515. The van der Waals surface area contributed by atoms with Crippen LogP contribution in [0.15, 0.2) is 36.0 Å². The van der Waals surface area contributed by atoms with Crippen LogP contribution in [0.25, 0.3) is 0 Å². The summed E-state index contributed by atoms with van der Waals surface area (Å²) in [6.07, 6.45) is 1.75. The van der Waals surface area contributed by atoms with Gasteiger partial charge in [-0.1, -0.05) is 44.5 Å². The van der Waals surface area contributed by atoms with Gasteiger partial charge in [0.25, 0.3) is 0 Å². The number of carbonyl (C=O) groups is 1. The zero-order valence-electron chi connectivity index (χ0n) is 12.9. The molecule has 4 nitrogen and oxygen atoms in total. The van der Waals surface area contributed by atoms with Gasteiger partial charge in [0.1, 0.15) is 5.75 Å². The minimum atomic E-state index is -0.223. The highest BCUT2D eigenvalue weighted by Gasteiger charge is 2.12. The molecule has 0 aliphatic carbocycles. The van der Waals surface area contributed by atoms with Crippen LogP contribution in [0.1, 0.15) is 33.3 Å². The molecule has 1 rings (SSSR count). The molecule has 0 saturated heterocycles. The third kappa shape index (κ3) is 4.96. The number of nitrogens with one attached hydrogen (secondary N) is 2. The van der Waals surface area contributed by atoms with Gasteiger partial charge in [-0.15, -0.1) is 0 Å². The minimum Gasteiger partial charge on any atom is -0.496 e. The average molecular weight is 276 g/mol. The Bertz CT molecular complexity index is 487. The molecule has 4 heteroatoms. The molecule has 0 aliphatic heterocycles. The highest BCUT2D eigenvalue weighted by Crippen LogP contribution is 2.23. The number of para-hydroxylation sites is 1. The monoisotopic (exact) mass is 276 g/mol. The van der Waals surface area contributed by atoms with Gasteiger partial charge in [-0.3, -0.25) is 0 Å². The van der Waals surface area contributed by atoms with Gasteiger partial charge in [-0.2, -0.15) is 0 Å². The van der Waals surface area contributed by atoms with E-state index >= 15 is 0 Å². The van der Waals surface area contributed by atoms with E-state index in [1.807, 2.05) is 31.2 Å². The largest absolute Gasteiger partial charge is 0.496 e. The molecule has 0 spiro atoms. The maximum absolute atomic E-state index is 11.7. The summed E-state index contributed by atoms with van der Waals surface area (Å²) < 4.78 is 5.24. The molecule has 0 radical (unpaired) electrons. The molecule has 0 unspecified atom stereocenters. The van der Waals surface area contributed by atoms with Gasteiger partial charge in [-0.05, 0) is 18.4 Å². The topological polar surface area (TPSA) is 50.4 Å². The molecule has 0 bridgehead atoms. The van der Waals surface area contributed by atoms with Gasteiger partial charge in [0, 0.05) is 18.3 Å². The standard InChI is InChI=1S/C16H24N2O2/c1-12(16(2,3)4)10-17-15(19)18-11-13-8-6-7-9-14(13)20-5/h6-10H,11H2,1-5H3,(H2,17,18,19)/b12-10+. The van der Waals surface area contributed by atoms with Crippen molar-refractivity contribution in [3.05, 3.63) is 41.6 Å². The van der Waals surface area contributed by atoms with Crippen molar-refractivity contribution in [2.75, 3.05) is 7.11 Å². The van der Waals surface area contributed by atoms with Crippen molar-refractivity contribution in [3.63, 3.8) is 0 Å². The number of ether oxygens (including phenoxy) is 1. The lowest BCUT2D eigenvalue weighted by molar-refractivity contribution is 0.243. The Hall–Kier alpha value is -1.97. The molecule has 1 aromatic carbocycles. The first-order valence-electron chi connectivity index (χ1n) is 6.68. The summed E-state index contributed by atoms with van der Waals surface area (Å²) in [6, 6.07) is 7.40. The fraction of sp³-hybridized carbons (Fsp3) is 0.438. The number of carbonyl (C=O) groups excluding carboxylic acids is 1. The zero-order chi connectivity index (χ0) is 15.2. The van der Waals surface area contributed by atoms with Crippen LogP contribution >= 0.6 is 0 Å². The van der Waals surface area contributed by atoms with Crippen LogP contribution in [0.3, 0.4) is 0 Å². The van der Waals surface area contributed by atoms with Crippen molar-refractivity contribution >= 4 is 6.03 Å². The first-order chi connectivity index (χ1) is 9.34. The Labute approximate surface area is 121 Å². The van der Waals surface area contributed by atoms with Crippen molar-refractivity contribution < 1.29 is 9.53 Å². The summed E-state index contributed by atoms with van der Waals surface area (Å²) in [5.41, 5.74) is 2.11. The molecule has 0 atom stereocenters. The summed E-state index contributed by atoms with van der Waals surface area (Å²) in [5.74, 6) is 0.772. The van der Waals surface area contributed by atoms with Crippen LogP contribution in [0.4, 0.5) is 4.79 Å². The third-order valence-electron chi connectivity index (χ3n) is 3.23. The first kappa shape index (κ1) is 16.1. The van der Waals surface area contributed by atoms with E-state index in [1.165, 1.54) is 0 Å². The van der Waals surface area contributed by atoms with E-state index in [-0.39, 0.29) is 11.4 Å². The summed E-state index contributed by atoms with van der Waals surface area (Å²) in [4.78, 5) is 11.7. The van der Waals surface area contributed by atoms with Gasteiger partial charge in [-0.25, -0.2) is 4.79 Å². The Morgan fingerprint density at radius 2 is 1.95 bits per heavy atom. The second kappa shape index (κ2) is 6.98. The molecule has 0 heterocycles. The van der Waals surface area contributed by atoms with E-state index in [4.69, 9.17) is 4.74 Å². The fourth-order valence-corrected chi connectivity index (χ4v) is 1.47. The van der Waals surface area contributed by atoms with E-state index in [0.29, 0.717) is 6.54 Å². The Morgan fingerprint density at radius 3 is 2.55 bits per heavy atom. The Balaban J connectivity index is 2.52. The van der Waals surface area contributed by atoms with Gasteiger partial charge in [0.05, 0.1) is 7.11 Å². The summed E-state index contributed by atoms with van der Waals surface area (Å²) in [6.45, 7) is 8.74. The van der Waals surface area contributed by atoms with Crippen molar-refractivity contribution in [1.29, 1.82) is 0 Å². The molecule has 20 heavy (non-hydrogen) atoms. The van der Waals surface area contributed by atoms with Crippen LogP contribution in [-0.4, -0.2) is 13.1 Å². The van der Waals surface area contributed by atoms with Crippen molar-refractivity contribution in [3.8, 4) is 5.75 Å². The highest BCUT2D eigenvalue weighted by molar-refractivity contribution is 5.75. The smallest absolute Gasteiger partial charge is 0.319 e. The summed E-state index contributed by atoms with van der Waals surface area (Å²) >= 11 is 0. The quantitative estimate of drug-likeness (QED) is 0.885. The fourth-order valence-electron chi connectivity index (χ4n) is 1.47. The van der Waals surface area contributed by atoms with Crippen LogP contribution < -0.4 is 15.4 Å². The van der Waals surface area contributed by atoms with Crippen molar-refractivity contribution in [1.82, 2.24) is 10.6 Å². The van der Waals surface area contributed by atoms with Crippen LogP contribution in [0.2, 0.25) is 0 Å². The molecule has 0 aliphatic rings. The number of benzene rings is 1. The molecular formula is C16H24N2O2. The maximum atomic E-state index is 11.7. The van der Waals surface area contributed by atoms with E-state index in [1.54, 1.807) is 13.3 Å². The number of amides is 2. The maximum Gasteiger partial charge on any atom is 0.319 e. The highest BCUT2D eigenvalue weighted by atomic mass is 16.5. The lowest BCUT2D eigenvalue weighted by Gasteiger charge is -2.19. The number of hydrogen-bond donors (Lipinski definition) is 2. The number of rotatable bonds is 4. The molecule has 0 saturated carbocycles. The molecule has 2 amide bonds.